The van der Waals surface area contributed by atoms with E-state index in [1.54, 1.807) is 22.8 Å². The van der Waals surface area contributed by atoms with Gasteiger partial charge < -0.3 is 15.1 Å². The molecular formula is C19H21N3O3. The quantitative estimate of drug-likeness (QED) is 0.745. The van der Waals surface area contributed by atoms with Gasteiger partial charge in [0.25, 0.3) is 0 Å². The van der Waals surface area contributed by atoms with Crippen LogP contribution in [0, 0.1) is 13.8 Å². The van der Waals surface area contributed by atoms with Crippen molar-refractivity contribution in [2.45, 2.75) is 33.7 Å². The molecule has 25 heavy (non-hydrogen) atoms. The van der Waals surface area contributed by atoms with Gasteiger partial charge in [-0.25, -0.2) is 9.59 Å². The van der Waals surface area contributed by atoms with E-state index in [1.165, 1.54) is 0 Å². The Bertz CT molecular complexity index is 965. The van der Waals surface area contributed by atoms with Crippen LogP contribution in [-0.2, 0) is 6.54 Å². The number of nitrogens with zero attached hydrogens (tertiary/aromatic N) is 1. The van der Waals surface area contributed by atoms with Crippen molar-refractivity contribution in [2.24, 2.45) is 0 Å². The minimum atomic E-state index is -0.381. The second kappa shape index (κ2) is 6.84. The molecule has 2 N–H and O–H groups in total. The second-order valence-corrected chi connectivity index (χ2v) is 6.05. The van der Waals surface area contributed by atoms with Crippen LogP contribution in [0.2, 0.25) is 0 Å². The minimum Gasteiger partial charge on any atom is -0.408 e. The third-order valence-electron chi connectivity index (χ3n) is 4.09. The lowest BCUT2D eigenvalue weighted by molar-refractivity contribution is 0.262. The zero-order chi connectivity index (χ0) is 18.0. The van der Waals surface area contributed by atoms with E-state index in [0.29, 0.717) is 17.8 Å². The first kappa shape index (κ1) is 16.8. The highest BCUT2D eigenvalue weighted by atomic mass is 16.4. The number of aromatic nitrogens is 1. The average molecular weight is 339 g/mol. The largest absolute Gasteiger partial charge is 0.419 e. The molecule has 0 unspecified atom stereocenters. The fourth-order valence-corrected chi connectivity index (χ4v) is 2.87. The van der Waals surface area contributed by atoms with Crippen molar-refractivity contribution >= 4 is 28.5 Å². The van der Waals surface area contributed by atoms with Crippen molar-refractivity contribution in [1.29, 1.82) is 0 Å². The van der Waals surface area contributed by atoms with Crippen molar-refractivity contribution < 1.29 is 9.21 Å². The molecule has 6 nitrogen and oxygen atoms in total. The molecule has 2 aromatic carbocycles. The van der Waals surface area contributed by atoms with Crippen LogP contribution in [0.4, 0.5) is 16.2 Å². The molecule has 0 saturated heterocycles. The predicted octanol–water partition coefficient (Wildman–Crippen LogP) is 4.27. The normalized spacial score (nSPS) is 10.8. The number of amides is 2. The molecule has 0 saturated carbocycles. The summed E-state index contributed by atoms with van der Waals surface area (Å²) in [5.74, 6) is -0.381. The average Bonchev–Trinajstić information content (AvgIpc) is 2.87. The zero-order valence-corrected chi connectivity index (χ0v) is 14.6. The number of urea groups is 1. The number of fused-ring (bicyclic) bond motifs is 1. The fourth-order valence-electron chi connectivity index (χ4n) is 2.87. The molecule has 0 radical (unpaired) electrons. The van der Waals surface area contributed by atoms with Gasteiger partial charge in [-0.3, -0.25) is 4.57 Å². The third kappa shape index (κ3) is 3.42. The van der Waals surface area contributed by atoms with Gasteiger partial charge in [0.05, 0.1) is 5.52 Å². The molecule has 3 aromatic rings. The molecule has 1 aromatic heterocycles. The van der Waals surface area contributed by atoms with E-state index in [0.717, 1.165) is 28.8 Å². The highest BCUT2D eigenvalue weighted by Gasteiger charge is 2.11. The molecule has 0 fully saturated rings. The Kier molecular flexibility index (Phi) is 4.61. The molecule has 0 bridgehead atoms. The molecule has 130 valence electrons. The number of rotatable bonds is 4. The molecule has 0 aliphatic carbocycles. The smallest absolute Gasteiger partial charge is 0.408 e. The Morgan fingerprint density at radius 1 is 1.12 bits per heavy atom. The van der Waals surface area contributed by atoms with E-state index in [4.69, 9.17) is 4.42 Å². The number of oxazole rings is 1. The van der Waals surface area contributed by atoms with Crippen LogP contribution in [0.3, 0.4) is 0 Å². The van der Waals surface area contributed by atoms with Crippen LogP contribution < -0.4 is 16.4 Å². The van der Waals surface area contributed by atoms with E-state index in [2.05, 4.69) is 10.6 Å². The van der Waals surface area contributed by atoms with Gasteiger partial charge in [0.2, 0.25) is 0 Å². The standard InChI is InChI=1S/C19H21N3O3/c1-4-10-22-15-9-8-14(11-16(15)25-19(22)24)20-18(23)21-17-12(2)6-5-7-13(17)3/h5-9,11H,4,10H2,1-3H3,(H2,20,21,23). The Labute approximate surface area is 145 Å². The fraction of sp³-hybridized carbons (Fsp3) is 0.263. The van der Waals surface area contributed by atoms with Crippen LogP contribution >= 0.6 is 0 Å². The number of para-hydroxylation sites is 1. The van der Waals surface area contributed by atoms with E-state index < -0.39 is 0 Å². The summed E-state index contributed by atoms with van der Waals surface area (Å²) in [6.45, 7) is 6.49. The van der Waals surface area contributed by atoms with Crippen molar-refractivity contribution in [3.63, 3.8) is 0 Å². The molecule has 0 aliphatic heterocycles. The lowest BCUT2D eigenvalue weighted by Gasteiger charge is -2.12. The number of aryl methyl sites for hydroxylation is 3. The number of nitrogens with one attached hydrogen (secondary N) is 2. The summed E-state index contributed by atoms with van der Waals surface area (Å²) in [5.41, 5.74) is 4.53. The van der Waals surface area contributed by atoms with Gasteiger partial charge in [0.1, 0.15) is 0 Å². The summed E-state index contributed by atoms with van der Waals surface area (Å²) < 4.78 is 6.86. The number of benzene rings is 2. The second-order valence-electron chi connectivity index (χ2n) is 6.05. The highest BCUT2D eigenvalue weighted by molar-refractivity contribution is 6.01. The molecular weight excluding hydrogens is 318 g/mol. The van der Waals surface area contributed by atoms with E-state index in [1.807, 2.05) is 39.0 Å². The third-order valence-corrected chi connectivity index (χ3v) is 4.09. The lowest BCUT2D eigenvalue weighted by atomic mass is 10.1. The summed E-state index contributed by atoms with van der Waals surface area (Å²) in [4.78, 5) is 24.2. The first-order chi connectivity index (χ1) is 12.0. The van der Waals surface area contributed by atoms with Crippen molar-refractivity contribution in [3.8, 4) is 0 Å². The van der Waals surface area contributed by atoms with Gasteiger partial charge in [-0.1, -0.05) is 25.1 Å². The molecule has 0 aliphatic rings. The van der Waals surface area contributed by atoms with Gasteiger partial charge in [-0.2, -0.15) is 0 Å². The molecule has 6 heteroatoms. The summed E-state index contributed by atoms with van der Waals surface area (Å²) >= 11 is 0. The van der Waals surface area contributed by atoms with E-state index in [-0.39, 0.29) is 11.8 Å². The summed E-state index contributed by atoms with van der Waals surface area (Å²) in [7, 11) is 0. The summed E-state index contributed by atoms with van der Waals surface area (Å²) in [5, 5.41) is 5.64. The van der Waals surface area contributed by atoms with Crippen molar-refractivity contribution in [3.05, 3.63) is 58.1 Å². The van der Waals surface area contributed by atoms with Crippen LogP contribution in [0.25, 0.3) is 11.1 Å². The Morgan fingerprint density at radius 2 is 1.84 bits per heavy atom. The maximum absolute atomic E-state index is 12.3. The number of carbonyl (C=O) groups excluding carboxylic acids is 1. The van der Waals surface area contributed by atoms with Crippen molar-refractivity contribution in [1.82, 2.24) is 4.57 Å². The monoisotopic (exact) mass is 339 g/mol. The Hall–Kier alpha value is -3.02. The van der Waals surface area contributed by atoms with Gasteiger partial charge >= 0.3 is 11.8 Å². The number of hydrogen-bond acceptors (Lipinski definition) is 3. The van der Waals surface area contributed by atoms with Crippen molar-refractivity contribution in [2.75, 3.05) is 10.6 Å². The summed E-state index contributed by atoms with van der Waals surface area (Å²) in [6.07, 6.45) is 0.840. The Morgan fingerprint density at radius 3 is 2.52 bits per heavy atom. The van der Waals surface area contributed by atoms with E-state index in [9.17, 15) is 9.59 Å². The topological polar surface area (TPSA) is 76.3 Å². The van der Waals surface area contributed by atoms with Gasteiger partial charge in [-0.15, -0.1) is 0 Å². The van der Waals surface area contributed by atoms with Crippen LogP contribution in [-0.4, -0.2) is 10.6 Å². The van der Waals surface area contributed by atoms with Crippen LogP contribution in [0.15, 0.2) is 45.6 Å². The minimum absolute atomic E-state index is 0.341. The first-order valence-corrected chi connectivity index (χ1v) is 8.27. The first-order valence-electron chi connectivity index (χ1n) is 8.27. The van der Waals surface area contributed by atoms with Crippen LogP contribution in [0.1, 0.15) is 24.5 Å². The van der Waals surface area contributed by atoms with Crippen LogP contribution in [0.5, 0.6) is 0 Å². The molecule has 0 spiro atoms. The highest BCUT2D eigenvalue weighted by Crippen LogP contribution is 2.21. The maximum Gasteiger partial charge on any atom is 0.419 e. The molecule has 2 amide bonds. The molecule has 0 atom stereocenters. The lowest BCUT2D eigenvalue weighted by Crippen LogP contribution is -2.20. The van der Waals surface area contributed by atoms with Gasteiger partial charge in [-0.05, 0) is 43.5 Å². The number of hydrogen-bond donors (Lipinski definition) is 2. The summed E-state index contributed by atoms with van der Waals surface area (Å²) in [6, 6.07) is 10.7. The molecule has 3 rings (SSSR count). The zero-order valence-electron chi connectivity index (χ0n) is 14.6. The number of anilines is 2. The Balaban J connectivity index is 1.81. The van der Waals surface area contributed by atoms with E-state index >= 15 is 0 Å². The molecule has 1 heterocycles. The number of carbonyl (C=O) groups is 1. The van der Waals surface area contributed by atoms with Gasteiger partial charge in [0.15, 0.2) is 5.58 Å². The van der Waals surface area contributed by atoms with Gasteiger partial charge in [0, 0.05) is 24.0 Å². The maximum atomic E-state index is 12.3. The predicted molar refractivity (Wildman–Crippen MR) is 99.3 cm³/mol. The SMILES string of the molecule is CCCn1c(=O)oc2cc(NC(=O)Nc3c(C)cccc3C)ccc21.